The number of thiazole rings is 1. The normalized spacial score (nSPS) is 23.0. The fraction of sp³-hybridized carbons (Fsp3) is 0.471. The van der Waals surface area contributed by atoms with Crippen molar-refractivity contribution in [2.75, 3.05) is 0 Å². The van der Waals surface area contributed by atoms with Crippen LogP contribution in [0.15, 0.2) is 28.6 Å². The van der Waals surface area contributed by atoms with Crippen LogP contribution in [-0.2, 0) is 0 Å². The summed E-state index contributed by atoms with van der Waals surface area (Å²) in [5.74, 6) is -0.596. The van der Waals surface area contributed by atoms with Crippen molar-refractivity contribution < 1.29 is 8.78 Å². The highest BCUT2D eigenvalue weighted by Gasteiger charge is 2.24. The van der Waals surface area contributed by atoms with E-state index in [1.165, 1.54) is 42.7 Å². The zero-order valence-corrected chi connectivity index (χ0v) is 13.7. The molecule has 0 saturated heterocycles. The molecule has 0 N–H and O–H groups in total. The van der Waals surface area contributed by atoms with Crippen LogP contribution in [0, 0.1) is 24.5 Å². The maximum absolute atomic E-state index is 13.9. The van der Waals surface area contributed by atoms with E-state index in [1.54, 1.807) is 0 Å². The SMILES string of the molecule is Cc1csc(=Nc2ccc(F)cc2F)n1C1CCCCC1C. The Hall–Kier alpha value is -1.49. The predicted octanol–water partition coefficient (Wildman–Crippen LogP) is 5.12. The van der Waals surface area contributed by atoms with Gasteiger partial charge in [0.15, 0.2) is 10.6 Å². The summed E-state index contributed by atoms with van der Waals surface area (Å²) in [4.78, 5) is 5.25. The summed E-state index contributed by atoms with van der Waals surface area (Å²) in [7, 11) is 0. The molecule has 118 valence electrons. The minimum absolute atomic E-state index is 0.195. The topological polar surface area (TPSA) is 17.3 Å². The van der Waals surface area contributed by atoms with Gasteiger partial charge in [0.25, 0.3) is 0 Å². The Kier molecular flexibility index (Phi) is 4.43. The van der Waals surface area contributed by atoms with Crippen LogP contribution < -0.4 is 4.80 Å². The van der Waals surface area contributed by atoms with Gasteiger partial charge in [0, 0.05) is 23.2 Å². The van der Waals surface area contributed by atoms with Crippen molar-refractivity contribution in [2.45, 2.75) is 45.6 Å². The first kappa shape index (κ1) is 15.4. The molecule has 1 heterocycles. The molecule has 1 aliphatic carbocycles. The van der Waals surface area contributed by atoms with Gasteiger partial charge in [-0.15, -0.1) is 11.3 Å². The number of aromatic nitrogens is 1. The van der Waals surface area contributed by atoms with Gasteiger partial charge in [-0.05, 0) is 37.8 Å². The number of hydrogen-bond donors (Lipinski definition) is 0. The number of hydrogen-bond acceptors (Lipinski definition) is 2. The molecule has 0 amide bonds. The van der Waals surface area contributed by atoms with Crippen molar-refractivity contribution in [3.63, 3.8) is 0 Å². The highest BCUT2D eigenvalue weighted by Crippen LogP contribution is 2.34. The lowest BCUT2D eigenvalue weighted by Gasteiger charge is -2.30. The molecular formula is C17H20F2N2S. The summed E-state index contributed by atoms with van der Waals surface area (Å²) >= 11 is 1.52. The summed E-state index contributed by atoms with van der Waals surface area (Å²) in [6.45, 7) is 4.34. The molecule has 3 rings (SSSR count). The lowest BCUT2D eigenvalue weighted by molar-refractivity contribution is 0.251. The van der Waals surface area contributed by atoms with Crippen LogP contribution in [0.5, 0.6) is 0 Å². The lowest BCUT2D eigenvalue weighted by Crippen LogP contribution is -2.29. The van der Waals surface area contributed by atoms with Crippen LogP contribution in [-0.4, -0.2) is 4.57 Å². The minimum Gasteiger partial charge on any atom is -0.318 e. The van der Waals surface area contributed by atoms with E-state index in [2.05, 4.69) is 28.8 Å². The summed E-state index contributed by atoms with van der Waals surface area (Å²) in [5.41, 5.74) is 1.35. The molecule has 0 aliphatic heterocycles. The molecule has 2 nitrogen and oxygen atoms in total. The Labute approximate surface area is 133 Å². The number of rotatable bonds is 2. The molecule has 2 unspecified atom stereocenters. The highest BCUT2D eigenvalue weighted by molar-refractivity contribution is 7.07. The van der Waals surface area contributed by atoms with Gasteiger partial charge in [0.1, 0.15) is 11.5 Å². The molecule has 0 radical (unpaired) electrons. The number of aryl methyl sites for hydroxylation is 1. The first-order valence-corrected chi connectivity index (χ1v) is 8.60. The van der Waals surface area contributed by atoms with E-state index in [4.69, 9.17) is 0 Å². The molecule has 1 aliphatic rings. The van der Waals surface area contributed by atoms with E-state index < -0.39 is 11.6 Å². The van der Waals surface area contributed by atoms with Crippen LogP contribution in [0.1, 0.15) is 44.3 Å². The molecule has 1 saturated carbocycles. The van der Waals surface area contributed by atoms with E-state index in [1.807, 2.05) is 0 Å². The quantitative estimate of drug-likeness (QED) is 0.730. The maximum Gasteiger partial charge on any atom is 0.190 e. The number of nitrogens with zero attached hydrogens (tertiary/aromatic N) is 2. The third kappa shape index (κ3) is 3.00. The Balaban J connectivity index is 2.06. The molecule has 2 aromatic rings. The average Bonchev–Trinajstić information content (AvgIpc) is 2.83. The number of halogens is 2. The van der Waals surface area contributed by atoms with Crippen LogP contribution in [0.3, 0.4) is 0 Å². The zero-order chi connectivity index (χ0) is 15.7. The third-order valence-electron chi connectivity index (χ3n) is 4.44. The predicted molar refractivity (Wildman–Crippen MR) is 85.3 cm³/mol. The number of benzene rings is 1. The molecule has 1 fully saturated rings. The standard InChI is InChI=1S/C17H20F2N2S/c1-11-5-3-4-6-16(11)21-12(2)10-22-17(21)20-15-8-7-13(18)9-14(15)19/h7-11,16H,3-6H2,1-2H3. The van der Waals surface area contributed by atoms with Crippen LogP contribution in [0.2, 0.25) is 0 Å². The Bertz CT molecular complexity index is 733. The van der Waals surface area contributed by atoms with Crippen molar-refractivity contribution >= 4 is 17.0 Å². The maximum atomic E-state index is 13.9. The van der Waals surface area contributed by atoms with Crippen LogP contribution in [0.25, 0.3) is 0 Å². The molecule has 1 aromatic heterocycles. The summed E-state index contributed by atoms with van der Waals surface area (Å²) in [6, 6.07) is 3.94. The van der Waals surface area contributed by atoms with E-state index >= 15 is 0 Å². The van der Waals surface area contributed by atoms with E-state index in [0.29, 0.717) is 12.0 Å². The van der Waals surface area contributed by atoms with Gasteiger partial charge in [-0.2, -0.15) is 0 Å². The Morgan fingerprint density at radius 3 is 2.73 bits per heavy atom. The van der Waals surface area contributed by atoms with Crippen molar-refractivity contribution in [1.29, 1.82) is 0 Å². The van der Waals surface area contributed by atoms with E-state index in [9.17, 15) is 8.78 Å². The van der Waals surface area contributed by atoms with Crippen molar-refractivity contribution in [1.82, 2.24) is 4.57 Å². The van der Waals surface area contributed by atoms with E-state index in [-0.39, 0.29) is 5.69 Å². The molecule has 0 spiro atoms. The first-order chi connectivity index (χ1) is 10.6. The van der Waals surface area contributed by atoms with Crippen LogP contribution >= 0.6 is 11.3 Å². The van der Waals surface area contributed by atoms with Crippen LogP contribution in [0.4, 0.5) is 14.5 Å². The fourth-order valence-electron chi connectivity index (χ4n) is 3.24. The first-order valence-electron chi connectivity index (χ1n) is 7.72. The average molecular weight is 322 g/mol. The minimum atomic E-state index is -0.616. The summed E-state index contributed by atoms with van der Waals surface area (Å²) in [6.07, 6.45) is 4.86. The second-order valence-corrected chi connectivity index (χ2v) is 6.90. The van der Waals surface area contributed by atoms with Gasteiger partial charge in [0.05, 0.1) is 0 Å². The van der Waals surface area contributed by atoms with Gasteiger partial charge in [-0.25, -0.2) is 13.8 Å². The smallest absolute Gasteiger partial charge is 0.190 e. The van der Waals surface area contributed by atoms with E-state index in [0.717, 1.165) is 23.0 Å². The van der Waals surface area contributed by atoms with Gasteiger partial charge < -0.3 is 4.57 Å². The molecular weight excluding hydrogens is 302 g/mol. The Morgan fingerprint density at radius 2 is 2.00 bits per heavy atom. The zero-order valence-electron chi connectivity index (χ0n) is 12.9. The van der Waals surface area contributed by atoms with Gasteiger partial charge in [-0.3, -0.25) is 0 Å². The van der Waals surface area contributed by atoms with Gasteiger partial charge in [-0.1, -0.05) is 19.8 Å². The molecule has 5 heteroatoms. The van der Waals surface area contributed by atoms with Gasteiger partial charge >= 0.3 is 0 Å². The highest BCUT2D eigenvalue weighted by atomic mass is 32.1. The summed E-state index contributed by atoms with van der Waals surface area (Å²) in [5, 5.41) is 2.06. The lowest BCUT2D eigenvalue weighted by atomic mass is 9.85. The van der Waals surface area contributed by atoms with Crippen molar-refractivity contribution in [3.05, 3.63) is 45.7 Å². The summed E-state index contributed by atoms with van der Waals surface area (Å²) < 4.78 is 29.1. The monoisotopic (exact) mass is 322 g/mol. The van der Waals surface area contributed by atoms with Gasteiger partial charge in [0.2, 0.25) is 0 Å². The molecule has 0 bridgehead atoms. The largest absolute Gasteiger partial charge is 0.318 e. The second kappa shape index (κ2) is 6.32. The molecule has 1 aromatic carbocycles. The Morgan fingerprint density at radius 1 is 1.23 bits per heavy atom. The molecule has 2 atom stereocenters. The fourth-order valence-corrected chi connectivity index (χ4v) is 4.17. The second-order valence-electron chi connectivity index (χ2n) is 6.07. The van der Waals surface area contributed by atoms with Crippen molar-refractivity contribution in [3.8, 4) is 0 Å². The third-order valence-corrected chi connectivity index (χ3v) is 5.40. The molecule has 22 heavy (non-hydrogen) atoms. The van der Waals surface area contributed by atoms with Crippen molar-refractivity contribution in [2.24, 2.45) is 10.9 Å².